The standard InChI is InChI=1S/C74H38S2/c1-4-12-39(13-5-1)42-20-22-43(23-21-42)58-38-61-50-28-29-54-67-56(34-32-51(65(50)67)62(61)47-19-11-10-18-46(47)58)71-69(54)73-74(75-71)70-55-31-30-52-63-48-26-24-44(40-14-6-2-7-15-40)36-59(48)60-37-45(41-16-8-3-9-17-41)25-27-49(60)64(63)53-33-35-57(72(70)76-73)68(55)66(52)53/h1-38H. The molecule has 0 nitrogen and oxygen atoms in total. The highest BCUT2D eigenvalue weighted by Gasteiger charge is 2.27. The maximum atomic E-state index is 2.48. The molecule has 2 aliphatic carbocycles. The second-order valence-corrected chi connectivity index (χ2v) is 23.3. The van der Waals surface area contributed by atoms with Crippen LogP contribution in [0.5, 0.6) is 0 Å². The fourth-order valence-electron chi connectivity index (χ4n) is 14.4. The van der Waals surface area contributed by atoms with Gasteiger partial charge in [0.1, 0.15) is 0 Å². The summed E-state index contributed by atoms with van der Waals surface area (Å²) in [5.41, 5.74) is 9.98. The molecular formula is C74H38S2. The van der Waals surface area contributed by atoms with Crippen molar-refractivity contribution in [3.63, 3.8) is 0 Å². The number of rotatable bonds is 4. The third-order valence-corrected chi connectivity index (χ3v) is 20.3. The van der Waals surface area contributed by atoms with Gasteiger partial charge in [0.25, 0.3) is 0 Å². The maximum Gasteiger partial charge on any atom is 0.0549 e. The summed E-state index contributed by atoms with van der Waals surface area (Å²) in [5.74, 6) is 0. The highest BCUT2D eigenvalue weighted by molar-refractivity contribution is 7.38. The molecule has 0 unspecified atom stereocenters. The summed E-state index contributed by atoms with van der Waals surface area (Å²) < 4.78 is 5.72. The van der Waals surface area contributed by atoms with Crippen molar-refractivity contribution >= 4 is 128 Å². The zero-order valence-corrected chi connectivity index (χ0v) is 42.4. The smallest absolute Gasteiger partial charge is 0.0549 e. The van der Waals surface area contributed by atoms with Gasteiger partial charge in [0.05, 0.1) is 9.40 Å². The molecule has 0 amide bonds. The molecule has 0 atom stereocenters. The molecule has 2 aromatic heterocycles. The summed E-state index contributed by atoms with van der Waals surface area (Å²) in [5, 5.41) is 32.8. The molecule has 2 aliphatic rings. The van der Waals surface area contributed by atoms with E-state index in [0.717, 1.165) is 0 Å². The van der Waals surface area contributed by atoms with E-state index in [2.05, 4.69) is 231 Å². The molecule has 2 heterocycles. The van der Waals surface area contributed by atoms with Crippen molar-refractivity contribution in [3.05, 3.63) is 272 Å². The van der Waals surface area contributed by atoms with Crippen LogP contribution in [-0.2, 0) is 0 Å². The summed E-state index contributed by atoms with van der Waals surface area (Å²) in [7, 11) is 0. The van der Waals surface area contributed by atoms with Crippen LogP contribution in [0.4, 0.5) is 0 Å². The van der Waals surface area contributed by atoms with Crippen LogP contribution in [0, 0.1) is 41.7 Å². The molecule has 0 N–H and O–H groups in total. The lowest BCUT2D eigenvalue weighted by Crippen LogP contribution is -1.87. The molecule has 0 fully saturated rings. The average molecular weight is 991 g/mol. The largest absolute Gasteiger partial charge is 0.133 e. The van der Waals surface area contributed by atoms with Gasteiger partial charge in [-0.3, -0.25) is 0 Å². The first-order chi connectivity index (χ1) is 37.7. The predicted molar refractivity (Wildman–Crippen MR) is 325 cm³/mol. The maximum absolute atomic E-state index is 2.48. The van der Waals surface area contributed by atoms with Gasteiger partial charge in [-0.1, -0.05) is 212 Å². The molecule has 0 saturated carbocycles. The Kier molecular flexibility index (Phi) is 7.60. The van der Waals surface area contributed by atoms with Crippen molar-refractivity contribution in [2.24, 2.45) is 0 Å². The van der Waals surface area contributed by atoms with Gasteiger partial charge in [-0.25, -0.2) is 0 Å². The van der Waals surface area contributed by atoms with Gasteiger partial charge in [-0.05, 0) is 169 Å². The molecular weight excluding hydrogens is 953 g/mol. The molecule has 0 radical (unpaired) electrons. The summed E-state index contributed by atoms with van der Waals surface area (Å²) >= 11 is 4.05. The molecule has 0 bridgehead atoms. The number of hydrogen-bond acceptors (Lipinski definition) is 2. The lowest BCUT2D eigenvalue weighted by Gasteiger charge is -2.11. The lowest BCUT2D eigenvalue weighted by atomic mass is 9.92. The number of benzene rings is 13. The molecule has 2 heteroatoms. The van der Waals surface area contributed by atoms with E-state index < -0.39 is 0 Å². The predicted octanol–water partition coefficient (Wildman–Crippen LogP) is 20.7. The molecule has 19 rings (SSSR count). The van der Waals surface area contributed by atoms with Crippen LogP contribution in [0.15, 0.2) is 231 Å². The third kappa shape index (κ3) is 5.00. The Labute approximate surface area is 441 Å². The molecule has 76 heavy (non-hydrogen) atoms. The Balaban J connectivity index is 0.852. The number of thiophene rings is 2. The highest BCUT2D eigenvalue weighted by atomic mass is 32.1. The van der Waals surface area contributed by atoms with Crippen molar-refractivity contribution in [1.82, 2.24) is 0 Å². The van der Waals surface area contributed by atoms with E-state index in [9.17, 15) is 0 Å². The minimum absolute atomic E-state index is 1.24. The minimum Gasteiger partial charge on any atom is -0.133 e. The Morgan fingerprint density at radius 1 is 0.184 bits per heavy atom. The highest BCUT2D eigenvalue weighted by Crippen LogP contribution is 2.56. The van der Waals surface area contributed by atoms with E-state index in [-0.39, 0.29) is 0 Å². The molecule has 0 aliphatic heterocycles. The topological polar surface area (TPSA) is 0 Å². The Bertz CT molecular complexity index is 5780. The van der Waals surface area contributed by atoms with Gasteiger partial charge >= 0.3 is 0 Å². The lowest BCUT2D eigenvalue weighted by molar-refractivity contribution is 1.53. The van der Waals surface area contributed by atoms with Crippen molar-refractivity contribution in [3.8, 4) is 44.5 Å². The van der Waals surface area contributed by atoms with E-state index in [1.807, 2.05) is 22.7 Å². The van der Waals surface area contributed by atoms with Crippen LogP contribution in [0.1, 0.15) is 0 Å². The Hall–Kier alpha value is -9.18. The van der Waals surface area contributed by atoms with E-state index >= 15 is 0 Å². The molecule has 0 spiro atoms. The van der Waals surface area contributed by atoms with Gasteiger partial charge in [-0.2, -0.15) is 0 Å². The van der Waals surface area contributed by atoms with Gasteiger partial charge in [0, 0.05) is 30.9 Å². The van der Waals surface area contributed by atoms with Crippen LogP contribution >= 0.6 is 22.7 Å². The van der Waals surface area contributed by atoms with Crippen molar-refractivity contribution in [1.29, 1.82) is 0 Å². The zero-order valence-electron chi connectivity index (χ0n) is 40.8. The van der Waals surface area contributed by atoms with Crippen LogP contribution in [-0.4, -0.2) is 0 Å². The van der Waals surface area contributed by atoms with Crippen LogP contribution in [0.3, 0.4) is 0 Å². The van der Waals surface area contributed by atoms with E-state index in [1.54, 1.807) is 0 Å². The molecule has 346 valence electrons. The van der Waals surface area contributed by atoms with Gasteiger partial charge in [0.2, 0.25) is 0 Å². The van der Waals surface area contributed by atoms with Gasteiger partial charge in [-0.15, -0.1) is 22.7 Å². The van der Waals surface area contributed by atoms with Crippen molar-refractivity contribution < 1.29 is 0 Å². The molecule has 17 aromatic rings. The normalized spacial score (nSPS) is 12.7. The van der Waals surface area contributed by atoms with E-state index in [0.29, 0.717) is 0 Å². The van der Waals surface area contributed by atoms with Crippen molar-refractivity contribution in [2.75, 3.05) is 0 Å². The average Bonchev–Trinajstić information content (AvgIpc) is 4.51. The van der Waals surface area contributed by atoms with Crippen LogP contribution in [0.25, 0.3) is 149 Å². The van der Waals surface area contributed by atoms with Gasteiger partial charge in [0.15, 0.2) is 0 Å². The second-order valence-electron chi connectivity index (χ2n) is 21.3. The van der Waals surface area contributed by atoms with E-state index in [4.69, 9.17) is 0 Å². The first kappa shape index (κ1) is 40.2. The Morgan fingerprint density at radius 3 is 1.11 bits per heavy atom. The number of fused-ring (bicyclic) bond motifs is 18. The Morgan fingerprint density at radius 2 is 0.566 bits per heavy atom. The molecule has 15 aromatic carbocycles. The fourth-order valence-corrected chi connectivity index (χ4v) is 17.4. The molecule has 0 saturated heterocycles. The third-order valence-electron chi connectivity index (χ3n) is 17.7. The number of hydrogen-bond donors (Lipinski definition) is 0. The summed E-state index contributed by atoms with van der Waals surface area (Å²) in [6, 6.07) is 87.1. The first-order valence-electron chi connectivity index (χ1n) is 26.4. The quantitative estimate of drug-likeness (QED) is 0.154. The van der Waals surface area contributed by atoms with Crippen molar-refractivity contribution in [2.45, 2.75) is 0 Å². The van der Waals surface area contributed by atoms with E-state index in [1.165, 1.54) is 191 Å². The minimum atomic E-state index is 1.24. The SMILES string of the molecule is c1ccc(-c2ccc(-c3cc4c(c5ccccc35)=c3ccc5c6sc7c(sc8c9ccc%10c%11c(ccc(c%119)c87)=c7c=%10c8ccc(-c9ccccc9)cc8c8cc(-c9ccccc9)ccc78)c6c6ccc=4c3c56)cc2)cc1. The van der Waals surface area contributed by atoms with Crippen LogP contribution in [0.2, 0.25) is 0 Å². The monoisotopic (exact) mass is 990 g/mol. The zero-order chi connectivity index (χ0) is 49.1. The summed E-state index contributed by atoms with van der Waals surface area (Å²) in [4.78, 5) is 0. The summed E-state index contributed by atoms with van der Waals surface area (Å²) in [6.07, 6.45) is 0. The second kappa shape index (κ2) is 14.4. The summed E-state index contributed by atoms with van der Waals surface area (Å²) in [6.45, 7) is 0. The first-order valence-corrected chi connectivity index (χ1v) is 28.0. The van der Waals surface area contributed by atoms with Crippen LogP contribution < -0.4 is 0 Å². The fraction of sp³-hybridized carbons (Fsp3) is 0. The van der Waals surface area contributed by atoms with Gasteiger partial charge < -0.3 is 0 Å².